The number of benzene rings is 1. The number of rotatable bonds is 10. The highest BCUT2D eigenvalue weighted by molar-refractivity contribution is 5.97. The lowest BCUT2D eigenvalue weighted by Crippen LogP contribution is -2.42. The van der Waals surface area contributed by atoms with E-state index < -0.39 is 43.8 Å². The quantitative estimate of drug-likeness (QED) is 0.573. The van der Waals surface area contributed by atoms with E-state index in [1.807, 2.05) is 0 Å². The standard InChI is InChI=1S/C16H19F5N2O5/c1-9(7-27-8-16(19,20)21)23-13(24)6-22-14(25)10-3-4-11(28-15(17)18)12(5-10)26-2/h3-5,9,15H,6-8H2,1-2H3,(H,22,25)(H,23,24). The minimum atomic E-state index is -4.46. The van der Waals surface area contributed by atoms with Crippen molar-refractivity contribution in [2.24, 2.45) is 0 Å². The second-order valence-corrected chi connectivity index (χ2v) is 5.53. The van der Waals surface area contributed by atoms with Crippen molar-refractivity contribution in [3.8, 4) is 11.5 Å². The lowest BCUT2D eigenvalue weighted by Gasteiger charge is -2.15. The van der Waals surface area contributed by atoms with Crippen LogP contribution in [0.25, 0.3) is 0 Å². The maximum atomic E-state index is 12.3. The zero-order chi connectivity index (χ0) is 21.3. The molecule has 2 amide bonds. The van der Waals surface area contributed by atoms with Crippen molar-refractivity contribution in [1.29, 1.82) is 0 Å². The fourth-order valence-corrected chi connectivity index (χ4v) is 1.98. The Morgan fingerprint density at radius 3 is 2.43 bits per heavy atom. The molecule has 28 heavy (non-hydrogen) atoms. The van der Waals surface area contributed by atoms with Crippen LogP contribution in [0.15, 0.2) is 18.2 Å². The van der Waals surface area contributed by atoms with Gasteiger partial charge in [-0.1, -0.05) is 0 Å². The van der Waals surface area contributed by atoms with Crippen molar-refractivity contribution in [3.63, 3.8) is 0 Å². The van der Waals surface area contributed by atoms with Gasteiger partial charge in [-0.3, -0.25) is 9.59 Å². The third-order valence-corrected chi connectivity index (χ3v) is 3.09. The van der Waals surface area contributed by atoms with Gasteiger partial charge in [0.1, 0.15) is 6.61 Å². The molecule has 12 heteroatoms. The Kier molecular flexibility index (Phi) is 8.89. The second-order valence-electron chi connectivity index (χ2n) is 5.53. The number of carbonyl (C=O) groups excluding carboxylic acids is 2. The molecule has 0 aromatic heterocycles. The molecule has 0 aliphatic carbocycles. The van der Waals surface area contributed by atoms with Gasteiger partial charge >= 0.3 is 12.8 Å². The highest BCUT2D eigenvalue weighted by Gasteiger charge is 2.27. The van der Waals surface area contributed by atoms with E-state index in [1.165, 1.54) is 20.1 Å². The fraction of sp³-hybridized carbons (Fsp3) is 0.500. The van der Waals surface area contributed by atoms with E-state index >= 15 is 0 Å². The SMILES string of the molecule is COc1cc(C(=O)NCC(=O)NC(C)COCC(F)(F)F)ccc1OC(F)F. The summed E-state index contributed by atoms with van der Waals surface area (Å²) in [6, 6.07) is 2.75. The summed E-state index contributed by atoms with van der Waals surface area (Å²) in [5.41, 5.74) is 0.0211. The van der Waals surface area contributed by atoms with Gasteiger partial charge in [0.25, 0.3) is 5.91 Å². The zero-order valence-corrected chi connectivity index (χ0v) is 14.9. The van der Waals surface area contributed by atoms with Gasteiger partial charge < -0.3 is 24.8 Å². The molecule has 0 spiro atoms. The van der Waals surface area contributed by atoms with Crippen molar-refractivity contribution in [2.45, 2.75) is 25.8 Å². The fourth-order valence-electron chi connectivity index (χ4n) is 1.98. The lowest BCUT2D eigenvalue weighted by molar-refractivity contribution is -0.175. The summed E-state index contributed by atoms with van der Waals surface area (Å²) in [7, 11) is 1.20. The van der Waals surface area contributed by atoms with E-state index in [4.69, 9.17) is 4.74 Å². The molecule has 2 N–H and O–H groups in total. The maximum Gasteiger partial charge on any atom is 0.411 e. The highest BCUT2D eigenvalue weighted by atomic mass is 19.4. The molecule has 7 nitrogen and oxygen atoms in total. The van der Waals surface area contributed by atoms with Crippen molar-refractivity contribution in [3.05, 3.63) is 23.8 Å². The van der Waals surface area contributed by atoms with Gasteiger partial charge in [-0.05, 0) is 25.1 Å². The summed E-state index contributed by atoms with van der Waals surface area (Å²) < 4.78 is 74.0. The summed E-state index contributed by atoms with van der Waals surface area (Å²) in [6.45, 7) is -3.89. The second kappa shape index (κ2) is 10.6. The van der Waals surface area contributed by atoms with E-state index in [0.717, 1.165) is 12.1 Å². The molecule has 158 valence electrons. The third kappa shape index (κ3) is 8.84. The number of alkyl halides is 5. The van der Waals surface area contributed by atoms with Gasteiger partial charge in [0, 0.05) is 11.6 Å². The Labute approximate surface area is 157 Å². The smallest absolute Gasteiger partial charge is 0.411 e. The van der Waals surface area contributed by atoms with Gasteiger partial charge in [0.2, 0.25) is 5.91 Å². The summed E-state index contributed by atoms with van der Waals surface area (Å²) >= 11 is 0. The van der Waals surface area contributed by atoms with Crippen molar-refractivity contribution < 1.29 is 45.8 Å². The van der Waals surface area contributed by atoms with Crippen LogP contribution in [-0.2, 0) is 9.53 Å². The number of ether oxygens (including phenoxy) is 3. The number of nitrogens with one attached hydrogen (secondary N) is 2. The van der Waals surface area contributed by atoms with Crippen LogP contribution >= 0.6 is 0 Å². The van der Waals surface area contributed by atoms with Gasteiger partial charge in [0.05, 0.1) is 20.3 Å². The third-order valence-electron chi connectivity index (χ3n) is 3.09. The topological polar surface area (TPSA) is 85.9 Å². The molecule has 0 fully saturated rings. The average Bonchev–Trinajstić information content (AvgIpc) is 2.58. The molecule has 1 rings (SSSR count). The molecule has 1 aromatic carbocycles. The number of hydrogen-bond donors (Lipinski definition) is 2. The van der Waals surface area contributed by atoms with Crippen LogP contribution in [0.3, 0.4) is 0 Å². The minimum absolute atomic E-state index is 0.0211. The number of methoxy groups -OCH3 is 1. The molecule has 0 saturated heterocycles. The van der Waals surface area contributed by atoms with E-state index in [-0.39, 0.29) is 23.7 Å². The van der Waals surface area contributed by atoms with Crippen molar-refractivity contribution in [1.82, 2.24) is 10.6 Å². The number of hydrogen-bond acceptors (Lipinski definition) is 5. The molecule has 0 aliphatic heterocycles. The lowest BCUT2D eigenvalue weighted by atomic mass is 10.2. The van der Waals surface area contributed by atoms with Crippen molar-refractivity contribution >= 4 is 11.8 Å². The largest absolute Gasteiger partial charge is 0.493 e. The summed E-state index contributed by atoms with van der Waals surface area (Å²) in [4.78, 5) is 23.7. The predicted octanol–water partition coefficient (Wildman–Crippen LogP) is 2.11. The minimum Gasteiger partial charge on any atom is -0.493 e. The van der Waals surface area contributed by atoms with Crippen LogP contribution in [0.4, 0.5) is 22.0 Å². The molecular weight excluding hydrogens is 395 g/mol. The normalized spacial score (nSPS) is 12.4. The van der Waals surface area contributed by atoms with Gasteiger partial charge in [-0.25, -0.2) is 0 Å². The Balaban J connectivity index is 2.49. The maximum absolute atomic E-state index is 12.3. The van der Waals surface area contributed by atoms with Crippen LogP contribution in [0, 0.1) is 0 Å². The van der Waals surface area contributed by atoms with E-state index in [9.17, 15) is 31.5 Å². The molecule has 0 bridgehead atoms. The predicted molar refractivity (Wildman–Crippen MR) is 86.4 cm³/mol. The van der Waals surface area contributed by atoms with Gasteiger partial charge in [-0.2, -0.15) is 22.0 Å². The van der Waals surface area contributed by atoms with Gasteiger partial charge in [-0.15, -0.1) is 0 Å². The first kappa shape index (κ1) is 23.4. The van der Waals surface area contributed by atoms with Crippen LogP contribution in [0.1, 0.15) is 17.3 Å². The van der Waals surface area contributed by atoms with E-state index in [0.29, 0.717) is 0 Å². The van der Waals surface area contributed by atoms with Crippen LogP contribution in [-0.4, -0.2) is 57.5 Å². The van der Waals surface area contributed by atoms with E-state index in [2.05, 4.69) is 20.1 Å². The molecule has 1 unspecified atom stereocenters. The molecule has 0 radical (unpaired) electrons. The monoisotopic (exact) mass is 414 g/mol. The van der Waals surface area contributed by atoms with E-state index in [1.54, 1.807) is 0 Å². The number of amides is 2. The molecule has 1 atom stereocenters. The molecular formula is C16H19F5N2O5. The summed E-state index contributed by atoms with van der Waals surface area (Å²) in [5, 5.41) is 4.63. The Bertz CT molecular complexity index is 669. The molecule has 0 saturated carbocycles. The first-order chi connectivity index (χ1) is 13.0. The molecule has 0 aliphatic rings. The highest BCUT2D eigenvalue weighted by Crippen LogP contribution is 2.29. The van der Waals surface area contributed by atoms with Crippen LogP contribution < -0.4 is 20.1 Å². The molecule has 1 aromatic rings. The van der Waals surface area contributed by atoms with Crippen LogP contribution in [0.5, 0.6) is 11.5 Å². The molecule has 0 heterocycles. The Morgan fingerprint density at radius 2 is 1.86 bits per heavy atom. The first-order valence-electron chi connectivity index (χ1n) is 7.86. The Morgan fingerprint density at radius 1 is 1.18 bits per heavy atom. The number of halogens is 5. The zero-order valence-electron chi connectivity index (χ0n) is 14.9. The summed E-state index contributed by atoms with van der Waals surface area (Å²) in [5.74, 6) is -1.72. The summed E-state index contributed by atoms with van der Waals surface area (Å²) in [6.07, 6.45) is -4.46. The van der Waals surface area contributed by atoms with Crippen LogP contribution in [0.2, 0.25) is 0 Å². The average molecular weight is 414 g/mol. The number of carbonyl (C=O) groups is 2. The Hall–Kier alpha value is -2.63. The first-order valence-corrected chi connectivity index (χ1v) is 7.86. The van der Waals surface area contributed by atoms with Gasteiger partial charge in [0.15, 0.2) is 11.5 Å². The van der Waals surface area contributed by atoms with Crippen molar-refractivity contribution in [2.75, 3.05) is 26.9 Å².